The fourth-order valence-electron chi connectivity index (χ4n) is 0.998. The second-order valence-electron chi connectivity index (χ2n) is 3.01. The van der Waals surface area contributed by atoms with E-state index in [1.807, 2.05) is 31.2 Å². The van der Waals surface area contributed by atoms with Crippen LogP contribution in [0.4, 0.5) is 0 Å². The number of para-hydroxylation sites is 1. The number of aliphatic hydroxyl groups is 1. The summed E-state index contributed by atoms with van der Waals surface area (Å²) in [5.41, 5.74) is 3.22. The molecule has 1 N–H and O–H groups in total. The Morgan fingerprint density at radius 1 is 1.50 bits per heavy atom. The van der Waals surface area contributed by atoms with Crippen molar-refractivity contribution < 1.29 is 9.84 Å². The average Bonchev–Trinajstić information content (AvgIpc) is 2.26. The van der Waals surface area contributed by atoms with E-state index >= 15 is 0 Å². The predicted molar refractivity (Wildman–Crippen MR) is 57.5 cm³/mol. The Hall–Kier alpha value is -0.990. The summed E-state index contributed by atoms with van der Waals surface area (Å²) in [4.78, 5) is 0. The fourth-order valence-corrected chi connectivity index (χ4v) is 1.06. The molecule has 14 heavy (non-hydrogen) atoms. The maximum absolute atomic E-state index is 9.02. The topological polar surface area (TPSA) is 29.5 Å². The molecule has 0 spiro atoms. The summed E-state index contributed by atoms with van der Waals surface area (Å²) in [7, 11) is 0. The van der Waals surface area contributed by atoms with Gasteiger partial charge in [0.2, 0.25) is 0 Å². The largest absolute Gasteiger partial charge is 0.489 e. The van der Waals surface area contributed by atoms with Gasteiger partial charge in [0.1, 0.15) is 12.4 Å². The van der Waals surface area contributed by atoms with Gasteiger partial charge in [-0.1, -0.05) is 29.8 Å². The third kappa shape index (κ3) is 3.05. The van der Waals surface area contributed by atoms with E-state index in [2.05, 4.69) is 0 Å². The minimum Gasteiger partial charge on any atom is -0.489 e. The number of hydrogen-bond donors (Lipinski definition) is 1. The van der Waals surface area contributed by atoms with E-state index in [4.69, 9.17) is 21.4 Å². The zero-order valence-corrected chi connectivity index (χ0v) is 8.79. The zero-order chi connectivity index (χ0) is 10.4. The molecule has 0 saturated carbocycles. The van der Waals surface area contributed by atoms with Crippen LogP contribution in [0, 0.1) is 0 Å². The summed E-state index contributed by atoms with van der Waals surface area (Å²) in [6.07, 6.45) is 0. The molecule has 0 amide bonds. The number of rotatable bonds is 4. The van der Waals surface area contributed by atoms with Crippen LogP contribution in [0.25, 0.3) is 0 Å². The van der Waals surface area contributed by atoms with Crippen molar-refractivity contribution in [3.05, 3.63) is 40.9 Å². The third-order valence-electron chi connectivity index (χ3n) is 1.78. The molecule has 1 aromatic rings. The van der Waals surface area contributed by atoms with Crippen molar-refractivity contribution in [2.45, 2.75) is 13.5 Å². The first kappa shape index (κ1) is 11.1. The summed E-state index contributed by atoms with van der Waals surface area (Å²) < 4.78 is 5.47. The van der Waals surface area contributed by atoms with Gasteiger partial charge in [-0.05, 0) is 18.6 Å². The van der Waals surface area contributed by atoms with Crippen LogP contribution in [0.2, 0.25) is 0 Å². The van der Waals surface area contributed by atoms with Crippen LogP contribution >= 0.6 is 11.6 Å². The summed E-state index contributed by atoms with van der Waals surface area (Å²) in [6.45, 7) is 2.31. The van der Waals surface area contributed by atoms with Crippen LogP contribution in [0.5, 0.6) is 5.75 Å². The van der Waals surface area contributed by atoms with Crippen LogP contribution in [-0.4, -0.2) is 11.7 Å². The molecule has 1 rings (SSSR count). The first-order chi connectivity index (χ1) is 6.77. The Bertz CT molecular complexity index is 321. The third-order valence-corrected chi connectivity index (χ3v) is 2.16. The Morgan fingerprint density at radius 3 is 2.86 bits per heavy atom. The smallest absolute Gasteiger partial charge is 0.125 e. The lowest BCUT2D eigenvalue weighted by Gasteiger charge is -2.09. The maximum Gasteiger partial charge on any atom is 0.125 e. The molecule has 0 fully saturated rings. The van der Waals surface area contributed by atoms with Gasteiger partial charge in [-0.25, -0.2) is 0 Å². The van der Waals surface area contributed by atoms with Gasteiger partial charge in [0.15, 0.2) is 0 Å². The summed E-state index contributed by atoms with van der Waals surface area (Å²) >= 11 is 5.50. The van der Waals surface area contributed by atoms with Crippen molar-refractivity contribution in [3.63, 3.8) is 0 Å². The summed E-state index contributed by atoms with van der Waals surface area (Å²) in [6, 6.07) is 7.39. The number of aliphatic hydroxyl groups excluding tert-OH is 1. The van der Waals surface area contributed by atoms with E-state index in [0.29, 0.717) is 12.4 Å². The van der Waals surface area contributed by atoms with Gasteiger partial charge in [-0.3, -0.25) is 0 Å². The van der Waals surface area contributed by atoms with Gasteiger partial charge >= 0.3 is 0 Å². The lowest BCUT2D eigenvalue weighted by Crippen LogP contribution is -2.00. The first-order valence-electron chi connectivity index (χ1n) is 4.35. The molecule has 0 radical (unpaired) electrons. The fraction of sp³-hybridized carbons (Fsp3) is 0.273. The van der Waals surface area contributed by atoms with Crippen molar-refractivity contribution >= 4 is 11.6 Å². The lowest BCUT2D eigenvalue weighted by atomic mass is 10.2. The van der Waals surface area contributed by atoms with Gasteiger partial charge < -0.3 is 9.84 Å². The molecule has 0 heterocycles. The molecule has 1 aromatic carbocycles. The number of ether oxygens (including phenoxy) is 1. The summed E-state index contributed by atoms with van der Waals surface area (Å²) in [5.74, 6) is 0.702. The molecule has 0 atom stereocenters. The van der Waals surface area contributed by atoms with Gasteiger partial charge in [0, 0.05) is 11.1 Å². The molecule has 2 nitrogen and oxygen atoms in total. The number of hydrogen-bond acceptors (Lipinski definition) is 2. The van der Waals surface area contributed by atoms with Gasteiger partial charge in [0.25, 0.3) is 0 Å². The molecule has 0 aliphatic carbocycles. The number of halogens is 1. The highest BCUT2D eigenvalue weighted by molar-refractivity contribution is 6.25. The molecule has 0 aliphatic rings. The second kappa shape index (κ2) is 5.68. The molecule has 76 valence electrons. The van der Waals surface area contributed by atoms with Crippen LogP contribution < -0.4 is 4.74 Å². The summed E-state index contributed by atoms with van der Waals surface area (Å²) in [5, 5.41) is 9.02. The molecule has 3 heteroatoms. The van der Waals surface area contributed by atoms with Crippen molar-refractivity contribution in [1.29, 1.82) is 0 Å². The van der Waals surface area contributed by atoms with Crippen molar-refractivity contribution in [1.82, 2.24) is 0 Å². The zero-order valence-electron chi connectivity index (χ0n) is 8.03. The molecule has 0 aromatic heterocycles. The van der Waals surface area contributed by atoms with Crippen molar-refractivity contribution in [2.24, 2.45) is 0 Å². The average molecular weight is 213 g/mol. The molecular weight excluding hydrogens is 200 g/mol. The lowest BCUT2D eigenvalue weighted by molar-refractivity contribution is 0.269. The quantitative estimate of drug-likeness (QED) is 0.832. The van der Waals surface area contributed by atoms with Crippen LogP contribution in [-0.2, 0) is 6.61 Å². The molecular formula is C11H13ClO2. The van der Waals surface area contributed by atoms with Gasteiger partial charge in [-0.2, -0.15) is 0 Å². The number of benzene rings is 1. The van der Waals surface area contributed by atoms with Crippen LogP contribution in [0.1, 0.15) is 12.5 Å². The van der Waals surface area contributed by atoms with Crippen LogP contribution in [0.15, 0.2) is 35.4 Å². The second-order valence-corrected chi connectivity index (χ2v) is 3.23. The standard InChI is InChI=1S/C11H13ClO2/c1-9(6-12)8-14-11-5-3-2-4-10(11)7-13/h2-6,13H,7-8H2,1H3/b9-6-. The van der Waals surface area contributed by atoms with E-state index in [1.54, 1.807) is 0 Å². The van der Waals surface area contributed by atoms with Crippen molar-refractivity contribution in [3.8, 4) is 5.75 Å². The Balaban J connectivity index is 2.66. The molecule has 0 bridgehead atoms. The van der Waals surface area contributed by atoms with Crippen LogP contribution in [0.3, 0.4) is 0 Å². The monoisotopic (exact) mass is 212 g/mol. The molecule has 0 unspecified atom stereocenters. The van der Waals surface area contributed by atoms with E-state index in [1.165, 1.54) is 5.54 Å². The maximum atomic E-state index is 9.02. The minimum absolute atomic E-state index is 0.0141. The van der Waals surface area contributed by atoms with Crippen molar-refractivity contribution in [2.75, 3.05) is 6.61 Å². The Kier molecular flexibility index (Phi) is 4.50. The minimum atomic E-state index is -0.0141. The highest BCUT2D eigenvalue weighted by Gasteiger charge is 2.00. The molecule has 0 aliphatic heterocycles. The highest BCUT2D eigenvalue weighted by atomic mass is 35.5. The predicted octanol–water partition coefficient (Wildman–Crippen LogP) is 2.70. The van der Waals surface area contributed by atoms with E-state index < -0.39 is 0 Å². The van der Waals surface area contributed by atoms with Gasteiger partial charge in [-0.15, -0.1) is 0 Å². The SMILES string of the molecule is C/C(=C/Cl)COc1ccccc1CO. The normalized spacial score (nSPS) is 11.5. The van der Waals surface area contributed by atoms with E-state index in [0.717, 1.165) is 11.1 Å². The Labute approximate surface area is 88.8 Å². The Morgan fingerprint density at radius 2 is 2.21 bits per heavy atom. The van der Waals surface area contributed by atoms with Gasteiger partial charge in [0.05, 0.1) is 6.61 Å². The highest BCUT2D eigenvalue weighted by Crippen LogP contribution is 2.18. The van der Waals surface area contributed by atoms with E-state index in [-0.39, 0.29) is 6.61 Å². The molecule has 0 saturated heterocycles. The first-order valence-corrected chi connectivity index (χ1v) is 4.79. The van der Waals surface area contributed by atoms with E-state index in [9.17, 15) is 0 Å².